The molecule has 0 saturated carbocycles. The van der Waals surface area contributed by atoms with Gasteiger partial charge < -0.3 is 14.2 Å². The van der Waals surface area contributed by atoms with E-state index in [1.54, 1.807) is 12.1 Å². The number of aliphatic imine (C=N–C) groups is 1. The number of carbonyl (C=O) groups is 1. The van der Waals surface area contributed by atoms with E-state index in [2.05, 4.69) is 58.9 Å². The number of halogens is 1. The van der Waals surface area contributed by atoms with Crippen molar-refractivity contribution in [1.82, 2.24) is 5.01 Å². The number of fused-ring (bicyclic) bond motifs is 1. The lowest BCUT2D eigenvalue weighted by Gasteiger charge is -2.20. The van der Waals surface area contributed by atoms with Crippen molar-refractivity contribution in [1.29, 1.82) is 5.41 Å². The maximum absolute atomic E-state index is 12.9. The summed E-state index contributed by atoms with van der Waals surface area (Å²) in [6, 6.07) is 11.8. The average molecular weight is 670 g/mol. The normalized spacial score (nSPS) is 16.2. The maximum Gasteiger partial charge on any atom is 0.283 e. The van der Waals surface area contributed by atoms with Crippen molar-refractivity contribution in [2.45, 2.75) is 78.6 Å². The number of hydrogen-bond acceptors (Lipinski definition) is 7. The molecule has 230 valence electrons. The minimum Gasteiger partial charge on any atom is -0.490 e. The summed E-state index contributed by atoms with van der Waals surface area (Å²) in [6.45, 7) is 9.62. The minimum atomic E-state index is -0.452. The fourth-order valence-electron chi connectivity index (χ4n) is 4.69. The van der Waals surface area contributed by atoms with Crippen molar-refractivity contribution in [3.05, 3.63) is 57.6 Å². The van der Waals surface area contributed by atoms with Gasteiger partial charge in [-0.3, -0.25) is 10.2 Å². The van der Waals surface area contributed by atoms with Crippen LogP contribution in [0.3, 0.4) is 0 Å². The van der Waals surface area contributed by atoms with E-state index >= 15 is 0 Å². The zero-order chi connectivity index (χ0) is 30.8. The Morgan fingerprint density at radius 3 is 2.49 bits per heavy atom. The molecule has 0 spiro atoms. The van der Waals surface area contributed by atoms with Gasteiger partial charge in [0, 0.05) is 0 Å². The third kappa shape index (κ3) is 8.72. The van der Waals surface area contributed by atoms with Crippen molar-refractivity contribution in [3.8, 4) is 17.2 Å². The highest BCUT2D eigenvalue weighted by Gasteiger charge is 2.35. The monoisotopic (exact) mass is 668 g/mol. The highest BCUT2D eigenvalue weighted by Crippen LogP contribution is 2.38. The maximum atomic E-state index is 12.9. The molecule has 43 heavy (non-hydrogen) atoms. The van der Waals surface area contributed by atoms with Gasteiger partial charge in [-0.15, -0.1) is 0 Å². The Hall–Kier alpha value is -3.11. The molecule has 2 aliphatic heterocycles. The van der Waals surface area contributed by atoms with Crippen LogP contribution >= 0.6 is 27.7 Å². The lowest BCUT2D eigenvalue weighted by molar-refractivity contribution is -0.114. The molecule has 0 fully saturated rings. The number of hydrogen-bond donors (Lipinski definition) is 1. The summed E-state index contributed by atoms with van der Waals surface area (Å²) in [5.74, 6) is 1.97. The summed E-state index contributed by atoms with van der Waals surface area (Å²) in [7, 11) is 0. The van der Waals surface area contributed by atoms with Gasteiger partial charge >= 0.3 is 0 Å². The second-order valence-electron chi connectivity index (χ2n) is 10.5. The van der Waals surface area contributed by atoms with Crippen LogP contribution in [0.25, 0.3) is 6.08 Å². The Morgan fingerprint density at radius 2 is 1.77 bits per heavy atom. The number of ether oxygens (including phenoxy) is 3. The van der Waals surface area contributed by atoms with Crippen LogP contribution in [0.4, 0.5) is 0 Å². The molecule has 2 aromatic rings. The molecule has 2 aliphatic rings. The van der Waals surface area contributed by atoms with E-state index in [0.29, 0.717) is 52.4 Å². The Bertz CT molecular complexity index is 1390. The van der Waals surface area contributed by atoms with Crippen molar-refractivity contribution in [2.24, 2.45) is 10.1 Å². The number of carbonyl (C=O) groups excluding carboxylic acids is 1. The minimum absolute atomic E-state index is 0.0206. The number of amides is 1. The predicted octanol–water partition coefficient (Wildman–Crippen LogP) is 8.80. The van der Waals surface area contributed by atoms with Gasteiger partial charge in [0.2, 0.25) is 5.17 Å². The zero-order valence-electron chi connectivity index (χ0n) is 25.5. The number of rotatable bonds is 16. The van der Waals surface area contributed by atoms with Crippen LogP contribution < -0.4 is 14.2 Å². The summed E-state index contributed by atoms with van der Waals surface area (Å²) < 4.78 is 18.5. The molecule has 2 heterocycles. The van der Waals surface area contributed by atoms with Gasteiger partial charge in [0.05, 0.1) is 16.7 Å². The second-order valence-corrected chi connectivity index (χ2v) is 12.4. The van der Waals surface area contributed by atoms with Crippen LogP contribution in [-0.2, 0) is 4.79 Å². The van der Waals surface area contributed by atoms with Crippen LogP contribution in [0, 0.1) is 5.41 Å². The van der Waals surface area contributed by atoms with Gasteiger partial charge in [-0.25, -0.2) is 0 Å². The third-order valence-corrected chi connectivity index (χ3v) is 8.85. The number of nitrogens with one attached hydrogen (secondary N) is 1. The Morgan fingerprint density at radius 1 is 1.02 bits per heavy atom. The number of benzene rings is 2. The Labute approximate surface area is 267 Å². The Balaban J connectivity index is 1.41. The van der Waals surface area contributed by atoms with Crippen molar-refractivity contribution < 1.29 is 19.0 Å². The standard InChI is InChI=1S/C33H41BrN4O4S/c1-5-8-9-10-11-12-29-37-38-31(35)26(32(39)36-33(38)43-29)19-23-20-27(34)30(28(21-23)40-7-3)42-18-17-41-25-15-13-24(14-16-25)22(4)6-2/h13-16,19-22,35H,5-12,17-18H2,1-4H3/b26-19-,35-31?. The first-order valence-corrected chi connectivity index (χ1v) is 16.8. The first-order chi connectivity index (χ1) is 20.8. The van der Waals surface area contributed by atoms with Gasteiger partial charge in [-0.05, 0) is 101 Å². The SMILES string of the molecule is CCCCCCCC1=NN2C(=N)/C(=C/c3cc(Br)c(OCCOc4ccc(C(C)CC)cc4)c(OCC)c3)C(=O)N=C2S1. The number of nitrogens with zero attached hydrogens (tertiary/aromatic N) is 3. The smallest absolute Gasteiger partial charge is 0.283 e. The molecule has 1 amide bonds. The van der Waals surface area contributed by atoms with E-state index in [1.807, 2.05) is 25.1 Å². The van der Waals surface area contributed by atoms with Gasteiger partial charge in [0.1, 0.15) is 24.0 Å². The molecule has 8 nitrogen and oxygen atoms in total. The Kier molecular flexibility index (Phi) is 12.3. The largest absolute Gasteiger partial charge is 0.490 e. The summed E-state index contributed by atoms with van der Waals surface area (Å²) in [5, 5.41) is 16.1. The zero-order valence-corrected chi connectivity index (χ0v) is 27.9. The fourth-order valence-corrected chi connectivity index (χ4v) is 6.19. The molecule has 4 rings (SSSR count). The molecule has 2 aromatic carbocycles. The van der Waals surface area contributed by atoms with Crippen LogP contribution in [0.15, 0.2) is 56.5 Å². The average Bonchev–Trinajstić information content (AvgIpc) is 3.41. The molecular formula is C33H41BrN4O4S. The quantitative estimate of drug-likeness (QED) is 0.142. The highest BCUT2D eigenvalue weighted by atomic mass is 79.9. The fraction of sp³-hybridized carbons (Fsp3) is 0.455. The molecule has 0 aliphatic carbocycles. The molecule has 0 saturated heterocycles. The van der Waals surface area contributed by atoms with E-state index in [1.165, 1.54) is 41.6 Å². The molecule has 10 heteroatoms. The van der Waals surface area contributed by atoms with Crippen molar-refractivity contribution in [3.63, 3.8) is 0 Å². The number of unbranched alkanes of at least 4 members (excludes halogenated alkanes) is 4. The molecule has 0 bridgehead atoms. The van der Waals surface area contributed by atoms with Crippen LogP contribution in [0.1, 0.15) is 89.7 Å². The topological polar surface area (TPSA) is 96.6 Å². The number of hydrazone groups is 1. The van der Waals surface area contributed by atoms with Crippen LogP contribution in [0.2, 0.25) is 0 Å². The van der Waals surface area contributed by atoms with E-state index in [0.717, 1.165) is 36.5 Å². The molecule has 1 N–H and O–H groups in total. The van der Waals surface area contributed by atoms with Crippen molar-refractivity contribution >= 4 is 55.7 Å². The number of amidine groups is 2. The lowest BCUT2D eigenvalue weighted by Crippen LogP contribution is -2.35. The number of thioether (sulfide) groups is 1. The third-order valence-electron chi connectivity index (χ3n) is 7.29. The first kappa shape index (κ1) is 32.8. The van der Waals surface area contributed by atoms with Gasteiger partial charge in [-0.1, -0.05) is 58.6 Å². The van der Waals surface area contributed by atoms with Gasteiger partial charge in [0.15, 0.2) is 17.3 Å². The van der Waals surface area contributed by atoms with Gasteiger partial charge in [0.25, 0.3) is 5.91 Å². The lowest BCUT2D eigenvalue weighted by atomic mass is 9.99. The van der Waals surface area contributed by atoms with Gasteiger partial charge in [-0.2, -0.15) is 15.1 Å². The summed E-state index contributed by atoms with van der Waals surface area (Å²) in [4.78, 5) is 17.2. The summed E-state index contributed by atoms with van der Waals surface area (Å²) >= 11 is 4.98. The van der Waals surface area contributed by atoms with Crippen molar-refractivity contribution in [2.75, 3.05) is 19.8 Å². The molecule has 0 aromatic heterocycles. The first-order valence-electron chi connectivity index (χ1n) is 15.2. The summed E-state index contributed by atoms with van der Waals surface area (Å²) in [6.07, 6.45) is 9.42. The van der Waals surface area contributed by atoms with E-state index < -0.39 is 5.91 Å². The van der Waals surface area contributed by atoms with E-state index in [9.17, 15) is 4.79 Å². The summed E-state index contributed by atoms with van der Waals surface area (Å²) in [5.41, 5.74) is 2.15. The van der Waals surface area contributed by atoms with Crippen LogP contribution in [0.5, 0.6) is 17.2 Å². The molecule has 0 radical (unpaired) electrons. The van der Waals surface area contributed by atoms with E-state index in [-0.39, 0.29) is 11.4 Å². The molecular weight excluding hydrogens is 628 g/mol. The predicted molar refractivity (Wildman–Crippen MR) is 180 cm³/mol. The van der Waals surface area contributed by atoms with E-state index in [4.69, 9.17) is 19.6 Å². The second kappa shape index (κ2) is 16.1. The molecule has 1 atom stereocenters. The highest BCUT2D eigenvalue weighted by molar-refractivity contribution is 9.10. The molecule has 1 unspecified atom stereocenters. The van der Waals surface area contributed by atoms with Crippen LogP contribution in [-0.4, -0.2) is 46.8 Å².